The Labute approximate surface area is 197 Å². The Morgan fingerprint density at radius 2 is 1.56 bits per heavy atom. The van der Waals surface area contributed by atoms with E-state index in [2.05, 4.69) is 15.8 Å². The lowest BCUT2D eigenvalue weighted by Crippen LogP contribution is -2.17. The van der Waals surface area contributed by atoms with Gasteiger partial charge in [-0.05, 0) is 43.2 Å². The maximum absolute atomic E-state index is 13.2. The molecule has 5 rings (SSSR count). The molecule has 0 atom stereocenters. The third kappa shape index (κ3) is 3.98. The molecule has 0 bridgehead atoms. The number of aromatic nitrogens is 3. The third-order valence-electron chi connectivity index (χ3n) is 5.69. The predicted molar refractivity (Wildman–Crippen MR) is 132 cm³/mol. The van der Waals surface area contributed by atoms with Gasteiger partial charge in [0, 0.05) is 6.54 Å². The zero-order chi connectivity index (χ0) is 23.7. The summed E-state index contributed by atoms with van der Waals surface area (Å²) in [5.41, 5.74) is 4.34. The standard InChI is InChI=1S/C26H21N5O2S/c1-18-11-13-20(14-12-18)34(32,33)30-25-21(17-27)24-26(29-23-10-6-5-9-22(23)28-24)31(25)16-15-19-7-3-2-4-8-19/h2-14,30H,15-16H2,1H3. The number of aryl methyl sites for hydroxylation is 3. The van der Waals surface area contributed by atoms with Gasteiger partial charge < -0.3 is 4.57 Å². The van der Waals surface area contributed by atoms with E-state index in [-0.39, 0.29) is 16.3 Å². The molecule has 0 amide bonds. The molecule has 34 heavy (non-hydrogen) atoms. The van der Waals surface area contributed by atoms with Gasteiger partial charge in [0.2, 0.25) is 0 Å². The van der Waals surface area contributed by atoms with Crippen molar-refractivity contribution in [1.82, 2.24) is 14.5 Å². The van der Waals surface area contributed by atoms with Crippen LogP contribution in [-0.4, -0.2) is 23.0 Å². The summed E-state index contributed by atoms with van der Waals surface area (Å²) in [5.74, 6) is 0.171. The fourth-order valence-corrected chi connectivity index (χ4v) is 5.00. The number of rotatable bonds is 6. The molecule has 0 spiro atoms. The fourth-order valence-electron chi connectivity index (χ4n) is 3.92. The largest absolute Gasteiger partial charge is 0.309 e. The lowest BCUT2D eigenvalue weighted by molar-refractivity contribution is 0.600. The van der Waals surface area contributed by atoms with Gasteiger partial charge in [0.05, 0.1) is 15.9 Å². The summed E-state index contributed by atoms with van der Waals surface area (Å²) < 4.78 is 30.9. The number of para-hydroxylation sites is 2. The van der Waals surface area contributed by atoms with E-state index in [0.29, 0.717) is 35.2 Å². The van der Waals surface area contributed by atoms with Crippen LogP contribution in [0.15, 0.2) is 83.8 Å². The summed E-state index contributed by atoms with van der Waals surface area (Å²) in [6, 6.07) is 26.0. The molecule has 0 aliphatic rings. The van der Waals surface area contributed by atoms with Crippen molar-refractivity contribution in [3.63, 3.8) is 0 Å². The van der Waals surface area contributed by atoms with Crippen molar-refractivity contribution < 1.29 is 8.42 Å². The van der Waals surface area contributed by atoms with Crippen molar-refractivity contribution in [2.45, 2.75) is 24.8 Å². The van der Waals surface area contributed by atoms with Gasteiger partial charge in [0.1, 0.15) is 23.0 Å². The van der Waals surface area contributed by atoms with Crippen molar-refractivity contribution >= 4 is 38.0 Å². The smallest absolute Gasteiger partial charge is 0.263 e. The van der Waals surface area contributed by atoms with Crippen LogP contribution in [0, 0.1) is 18.3 Å². The maximum Gasteiger partial charge on any atom is 0.263 e. The highest BCUT2D eigenvalue weighted by molar-refractivity contribution is 7.92. The summed E-state index contributed by atoms with van der Waals surface area (Å²) >= 11 is 0. The first-order valence-electron chi connectivity index (χ1n) is 10.8. The van der Waals surface area contributed by atoms with Gasteiger partial charge in [-0.15, -0.1) is 0 Å². The second kappa shape index (κ2) is 8.61. The average Bonchev–Trinajstić information content (AvgIpc) is 3.12. The van der Waals surface area contributed by atoms with E-state index in [1.165, 1.54) is 0 Å². The molecule has 0 saturated carbocycles. The molecule has 0 saturated heterocycles. The zero-order valence-corrected chi connectivity index (χ0v) is 19.2. The average molecular weight is 468 g/mol. The van der Waals surface area contributed by atoms with Crippen LogP contribution in [0.25, 0.3) is 22.2 Å². The van der Waals surface area contributed by atoms with E-state index in [9.17, 15) is 13.7 Å². The Kier molecular flexibility index (Phi) is 5.48. The van der Waals surface area contributed by atoms with Crippen molar-refractivity contribution in [2.75, 3.05) is 4.72 Å². The lowest BCUT2D eigenvalue weighted by atomic mass is 10.1. The molecule has 5 aromatic rings. The van der Waals surface area contributed by atoms with Crippen LogP contribution in [0.2, 0.25) is 0 Å². The predicted octanol–water partition coefficient (Wildman–Crippen LogP) is 4.81. The van der Waals surface area contributed by atoms with Crippen LogP contribution in [-0.2, 0) is 23.0 Å². The highest BCUT2D eigenvalue weighted by Gasteiger charge is 2.25. The molecule has 2 heterocycles. The number of fused-ring (bicyclic) bond motifs is 2. The molecule has 1 N–H and O–H groups in total. The van der Waals surface area contributed by atoms with Gasteiger partial charge in [-0.25, -0.2) is 18.4 Å². The second-order valence-electron chi connectivity index (χ2n) is 8.03. The Morgan fingerprint density at radius 3 is 2.24 bits per heavy atom. The molecule has 0 aliphatic carbocycles. The highest BCUT2D eigenvalue weighted by atomic mass is 32.2. The van der Waals surface area contributed by atoms with Gasteiger partial charge in [-0.2, -0.15) is 5.26 Å². The van der Waals surface area contributed by atoms with Crippen LogP contribution in [0.4, 0.5) is 5.82 Å². The quantitative estimate of drug-likeness (QED) is 0.386. The van der Waals surface area contributed by atoms with E-state index in [1.54, 1.807) is 28.8 Å². The molecule has 7 nitrogen and oxygen atoms in total. The van der Waals surface area contributed by atoms with Crippen molar-refractivity contribution in [3.05, 3.63) is 95.6 Å². The summed E-state index contributed by atoms with van der Waals surface area (Å²) in [6.07, 6.45) is 0.628. The lowest BCUT2D eigenvalue weighted by Gasteiger charge is -2.13. The number of sulfonamides is 1. The Bertz CT molecular complexity index is 1650. The number of nitrogens with one attached hydrogen (secondary N) is 1. The Morgan fingerprint density at radius 1 is 0.912 bits per heavy atom. The van der Waals surface area contributed by atoms with Crippen LogP contribution in [0.1, 0.15) is 16.7 Å². The number of nitriles is 1. The zero-order valence-electron chi connectivity index (χ0n) is 18.4. The second-order valence-corrected chi connectivity index (χ2v) is 9.71. The van der Waals surface area contributed by atoms with Gasteiger partial charge in [0.25, 0.3) is 10.0 Å². The monoisotopic (exact) mass is 467 g/mol. The summed E-state index contributed by atoms with van der Waals surface area (Å²) in [6.45, 7) is 2.31. The van der Waals surface area contributed by atoms with E-state index in [0.717, 1.165) is 11.1 Å². The van der Waals surface area contributed by atoms with Crippen LogP contribution < -0.4 is 4.72 Å². The minimum absolute atomic E-state index is 0.118. The van der Waals surface area contributed by atoms with Crippen LogP contribution in [0.5, 0.6) is 0 Å². The first kappa shape index (κ1) is 21.6. The summed E-state index contributed by atoms with van der Waals surface area (Å²) in [7, 11) is -3.94. The minimum atomic E-state index is -3.94. The Hall–Kier alpha value is -4.22. The molecular weight excluding hydrogens is 446 g/mol. The van der Waals surface area contributed by atoms with E-state index >= 15 is 0 Å². The molecule has 2 aromatic heterocycles. The van der Waals surface area contributed by atoms with E-state index in [4.69, 9.17) is 4.98 Å². The summed E-state index contributed by atoms with van der Waals surface area (Å²) in [4.78, 5) is 9.53. The molecule has 0 aliphatic heterocycles. The molecular formula is C26H21N5O2S. The van der Waals surface area contributed by atoms with Gasteiger partial charge >= 0.3 is 0 Å². The number of hydrogen-bond donors (Lipinski definition) is 1. The van der Waals surface area contributed by atoms with E-state index < -0.39 is 10.0 Å². The minimum Gasteiger partial charge on any atom is -0.309 e. The molecule has 8 heteroatoms. The van der Waals surface area contributed by atoms with Crippen LogP contribution in [0.3, 0.4) is 0 Å². The molecule has 3 aromatic carbocycles. The number of anilines is 1. The molecule has 0 radical (unpaired) electrons. The van der Waals surface area contributed by atoms with Gasteiger partial charge in [-0.1, -0.05) is 60.2 Å². The first-order chi connectivity index (χ1) is 16.5. The highest BCUT2D eigenvalue weighted by Crippen LogP contribution is 2.31. The van der Waals surface area contributed by atoms with Gasteiger partial charge in [-0.3, -0.25) is 4.72 Å². The van der Waals surface area contributed by atoms with Gasteiger partial charge in [0.15, 0.2) is 5.65 Å². The number of benzene rings is 3. The first-order valence-corrected chi connectivity index (χ1v) is 12.3. The third-order valence-corrected chi connectivity index (χ3v) is 7.05. The number of hydrogen-bond acceptors (Lipinski definition) is 5. The fraction of sp³-hybridized carbons (Fsp3) is 0.115. The van der Waals surface area contributed by atoms with E-state index in [1.807, 2.05) is 61.5 Å². The normalized spacial score (nSPS) is 11.5. The van der Waals surface area contributed by atoms with Crippen molar-refractivity contribution in [3.8, 4) is 6.07 Å². The maximum atomic E-state index is 13.2. The molecule has 0 fully saturated rings. The van der Waals surface area contributed by atoms with Crippen molar-refractivity contribution in [2.24, 2.45) is 0 Å². The van der Waals surface area contributed by atoms with Crippen molar-refractivity contribution in [1.29, 1.82) is 5.26 Å². The van der Waals surface area contributed by atoms with Crippen LogP contribution >= 0.6 is 0 Å². The topological polar surface area (TPSA) is 101 Å². The SMILES string of the molecule is Cc1ccc(S(=O)(=O)Nc2c(C#N)c3nc4ccccc4nc3n2CCc2ccccc2)cc1. The number of nitrogens with zero attached hydrogens (tertiary/aromatic N) is 4. The molecule has 168 valence electrons. The summed E-state index contributed by atoms with van der Waals surface area (Å²) in [5, 5.41) is 10.0. The molecule has 0 unspecified atom stereocenters. The Balaban J connectivity index is 1.68.